The van der Waals surface area contributed by atoms with E-state index in [1.165, 1.54) is 36.4 Å². The predicted molar refractivity (Wildman–Crippen MR) is 228 cm³/mol. The van der Waals surface area contributed by atoms with Crippen LogP contribution in [0, 0.1) is 0 Å². The zero-order valence-electron chi connectivity index (χ0n) is 32.0. The highest BCUT2D eigenvalue weighted by molar-refractivity contribution is 7.86. The molecule has 22 heteroatoms. The average Bonchev–Trinajstić information content (AvgIpc) is 3.20. The van der Waals surface area contributed by atoms with Crippen molar-refractivity contribution in [1.29, 1.82) is 0 Å². The first-order valence-corrected chi connectivity index (χ1v) is 20.8. The molecule has 0 bridgehead atoms. The van der Waals surface area contributed by atoms with Crippen molar-refractivity contribution in [3.05, 3.63) is 108 Å². The normalized spacial score (nSPS) is 11.6. The Labute approximate surface area is 345 Å². The molecule has 0 unspecified atom stereocenters. The number of hydrogen-bond acceptors (Lipinski definition) is 18. The molecule has 6 rings (SSSR count). The van der Waals surface area contributed by atoms with Crippen LogP contribution >= 0.6 is 0 Å². The Balaban J connectivity index is 1.29. The molecule has 2 aromatic heterocycles. The molecule has 312 valence electrons. The number of aliphatic hydroxyl groups excluding tert-OH is 2. The van der Waals surface area contributed by atoms with Gasteiger partial charge in [0.05, 0.1) is 13.2 Å². The van der Waals surface area contributed by atoms with Gasteiger partial charge in [0.1, 0.15) is 9.79 Å². The summed E-state index contributed by atoms with van der Waals surface area (Å²) >= 11 is 0. The van der Waals surface area contributed by atoms with E-state index in [0.717, 1.165) is 12.1 Å². The van der Waals surface area contributed by atoms with E-state index in [1.54, 1.807) is 48.2 Å². The number of hydrogen-bond donors (Lipinski definition) is 8. The van der Waals surface area contributed by atoms with Crippen LogP contribution < -0.4 is 31.1 Å². The molecule has 0 radical (unpaired) electrons. The molecular formula is C38H40N12O8S2. The molecule has 6 aromatic rings. The number of nitrogens with zero attached hydrogens (tertiary/aromatic N) is 8. The number of likely N-dealkylation sites (N-methyl/N-ethyl adjacent to an activating group) is 2. The molecule has 0 atom stereocenters. The predicted octanol–water partition coefficient (Wildman–Crippen LogP) is 4.55. The average molecular weight is 857 g/mol. The Morgan fingerprint density at radius 1 is 0.500 bits per heavy atom. The molecule has 0 fully saturated rings. The van der Waals surface area contributed by atoms with Crippen LogP contribution in [-0.4, -0.2) is 106 Å². The van der Waals surface area contributed by atoms with Crippen LogP contribution in [0.5, 0.6) is 0 Å². The summed E-state index contributed by atoms with van der Waals surface area (Å²) in [6.07, 6.45) is 2.51. The summed E-state index contributed by atoms with van der Waals surface area (Å²) in [6.45, 7) is 0.0646. The SMILES string of the molecule is CN(CCO)c1nc(Nc2ccccc2)nc(Nc2ccc(/C=C/c3ccc(Nc4nc(Nc5ccccc5)nc(N(C)CCO)n4)cc3S(=O)(=O)O)c(S(=O)(=O)O)c2)n1. The van der Waals surface area contributed by atoms with Crippen LogP contribution in [0.3, 0.4) is 0 Å². The smallest absolute Gasteiger partial charge is 0.295 e. The summed E-state index contributed by atoms with van der Waals surface area (Å²) in [7, 11) is -6.38. The van der Waals surface area contributed by atoms with Crippen molar-refractivity contribution in [2.45, 2.75) is 9.79 Å². The molecule has 0 saturated carbocycles. The highest BCUT2D eigenvalue weighted by Crippen LogP contribution is 2.29. The van der Waals surface area contributed by atoms with Crippen LogP contribution in [0.2, 0.25) is 0 Å². The third-order valence-electron chi connectivity index (χ3n) is 8.40. The lowest BCUT2D eigenvalue weighted by Crippen LogP contribution is -2.24. The van der Waals surface area contributed by atoms with Crippen LogP contribution in [0.25, 0.3) is 12.2 Å². The van der Waals surface area contributed by atoms with Gasteiger partial charge in [-0.1, -0.05) is 60.7 Å². The van der Waals surface area contributed by atoms with Gasteiger partial charge in [-0.3, -0.25) is 9.11 Å². The zero-order chi connectivity index (χ0) is 42.9. The number of anilines is 10. The number of aliphatic hydroxyl groups is 2. The van der Waals surface area contributed by atoms with E-state index in [-0.39, 0.29) is 84.5 Å². The molecule has 0 amide bonds. The fraction of sp³-hybridized carbons (Fsp3) is 0.158. The second-order valence-corrected chi connectivity index (χ2v) is 15.7. The van der Waals surface area contributed by atoms with Crippen molar-refractivity contribution >= 4 is 90.8 Å². The number of rotatable bonds is 18. The van der Waals surface area contributed by atoms with Crippen LogP contribution in [-0.2, 0) is 20.2 Å². The third-order valence-corrected chi connectivity index (χ3v) is 10.2. The van der Waals surface area contributed by atoms with E-state index >= 15 is 0 Å². The van der Waals surface area contributed by atoms with Gasteiger partial charge in [0.2, 0.25) is 35.7 Å². The Hall–Kier alpha value is -6.82. The third kappa shape index (κ3) is 11.4. The summed E-state index contributed by atoms with van der Waals surface area (Å²) in [6, 6.07) is 26.1. The minimum absolute atomic E-state index is 0.00791. The monoisotopic (exact) mass is 856 g/mol. The molecule has 8 N–H and O–H groups in total. The molecule has 0 aliphatic carbocycles. The molecule has 0 saturated heterocycles. The molecule has 20 nitrogen and oxygen atoms in total. The van der Waals surface area contributed by atoms with E-state index in [4.69, 9.17) is 0 Å². The van der Waals surface area contributed by atoms with Gasteiger partial charge in [-0.2, -0.15) is 46.7 Å². The van der Waals surface area contributed by atoms with Gasteiger partial charge in [0, 0.05) is 49.9 Å². The van der Waals surface area contributed by atoms with Gasteiger partial charge < -0.3 is 41.3 Å². The Morgan fingerprint density at radius 2 is 0.833 bits per heavy atom. The fourth-order valence-electron chi connectivity index (χ4n) is 5.48. The molecule has 0 aliphatic rings. The van der Waals surface area contributed by atoms with Crippen molar-refractivity contribution in [2.75, 3.05) is 71.5 Å². The fourth-order valence-corrected chi connectivity index (χ4v) is 6.90. The first kappa shape index (κ1) is 42.8. The van der Waals surface area contributed by atoms with Gasteiger partial charge in [0.15, 0.2) is 0 Å². The largest absolute Gasteiger partial charge is 0.395 e. The molecule has 0 aliphatic heterocycles. The van der Waals surface area contributed by atoms with Gasteiger partial charge >= 0.3 is 0 Å². The maximum absolute atomic E-state index is 12.6. The van der Waals surface area contributed by atoms with Gasteiger partial charge in [-0.15, -0.1) is 0 Å². The van der Waals surface area contributed by atoms with Crippen LogP contribution in [0.1, 0.15) is 11.1 Å². The summed E-state index contributed by atoms with van der Waals surface area (Å²) in [5, 5.41) is 30.9. The van der Waals surface area contributed by atoms with E-state index in [0.29, 0.717) is 11.4 Å². The minimum Gasteiger partial charge on any atom is -0.395 e. The van der Waals surface area contributed by atoms with Gasteiger partial charge in [-0.05, 0) is 59.7 Å². The molecule has 4 aromatic carbocycles. The molecule has 60 heavy (non-hydrogen) atoms. The number of benzene rings is 4. The highest BCUT2D eigenvalue weighted by Gasteiger charge is 2.20. The number of para-hydroxylation sites is 2. The lowest BCUT2D eigenvalue weighted by molar-refractivity contribution is 0.303. The zero-order valence-corrected chi connectivity index (χ0v) is 33.7. The molecular weight excluding hydrogens is 817 g/mol. The Kier molecular flexibility index (Phi) is 13.4. The van der Waals surface area contributed by atoms with E-state index < -0.39 is 30.0 Å². The quantitative estimate of drug-likeness (QED) is 0.0435. The number of aromatic nitrogens is 6. The summed E-state index contributed by atoms with van der Waals surface area (Å²) in [5.74, 6) is 0.704. The van der Waals surface area contributed by atoms with E-state index in [1.807, 2.05) is 36.4 Å². The molecule has 2 heterocycles. The second-order valence-electron chi connectivity index (χ2n) is 12.9. The first-order chi connectivity index (χ1) is 28.7. The Bertz CT molecular complexity index is 2510. The summed E-state index contributed by atoms with van der Waals surface area (Å²) < 4.78 is 71.1. The second kappa shape index (κ2) is 18.8. The maximum atomic E-state index is 12.6. The van der Waals surface area contributed by atoms with Crippen LogP contribution in [0.4, 0.5) is 58.4 Å². The van der Waals surface area contributed by atoms with E-state index in [2.05, 4.69) is 51.2 Å². The number of nitrogens with one attached hydrogen (secondary N) is 4. The summed E-state index contributed by atoms with van der Waals surface area (Å²) in [5.41, 5.74) is 1.63. The van der Waals surface area contributed by atoms with E-state index in [9.17, 15) is 36.2 Å². The topological polar surface area (TPSA) is 281 Å². The summed E-state index contributed by atoms with van der Waals surface area (Å²) in [4.78, 5) is 28.5. The molecule has 0 spiro atoms. The van der Waals surface area contributed by atoms with Crippen molar-refractivity contribution < 1.29 is 36.2 Å². The Morgan fingerprint density at radius 3 is 1.15 bits per heavy atom. The van der Waals surface area contributed by atoms with Crippen molar-refractivity contribution in [2.24, 2.45) is 0 Å². The standard InChI is InChI=1S/C38H40N12O8S2/c1-49(19-21-51)37-45-33(39-27-9-5-3-6-10-27)43-35(47-37)41-29-17-15-25(31(23-29)59(53,54)55)13-14-26-16-18-30(24-32(26)60(56,57)58)42-36-44-34(40-28-11-7-4-8-12-28)46-38(48-36)50(2)20-22-52/h3-18,23-24,51-52H,19-22H2,1-2H3,(H,53,54,55)(H,56,57,58)(H2,39,41,43,45,47)(H2,40,42,44,46,48)/b14-13+. The van der Waals surface area contributed by atoms with Crippen LogP contribution in [0.15, 0.2) is 107 Å². The lowest BCUT2D eigenvalue weighted by atomic mass is 10.1. The van der Waals surface area contributed by atoms with Crippen molar-refractivity contribution in [1.82, 2.24) is 29.9 Å². The lowest BCUT2D eigenvalue weighted by Gasteiger charge is -2.18. The van der Waals surface area contributed by atoms with Gasteiger partial charge in [-0.25, -0.2) is 0 Å². The maximum Gasteiger partial charge on any atom is 0.295 e. The van der Waals surface area contributed by atoms with Gasteiger partial charge in [0.25, 0.3) is 20.2 Å². The first-order valence-electron chi connectivity index (χ1n) is 17.9. The van der Waals surface area contributed by atoms with Crippen molar-refractivity contribution in [3.63, 3.8) is 0 Å². The highest BCUT2D eigenvalue weighted by atomic mass is 32.2. The van der Waals surface area contributed by atoms with Crippen molar-refractivity contribution in [3.8, 4) is 0 Å². The minimum atomic E-state index is -4.86.